The Morgan fingerprint density at radius 3 is 2.62 bits per heavy atom. The first kappa shape index (κ1) is 13.1. The van der Waals surface area contributed by atoms with Gasteiger partial charge in [-0.05, 0) is 18.4 Å². The number of aryl methyl sites for hydroxylation is 1. The summed E-state index contributed by atoms with van der Waals surface area (Å²) in [4.78, 5) is 4.44. The highest BCUT2D eigenvalue weighted by molar-refractivity contribution is 4.98. The molecule has 0 bridgehead atoms. The first-order chi connectivity index (χ1) is 7.49. The lowest BCUT2D eigenvalue weighted by Crippen LogP contribution is -2.21. The molecule has 0 radical (unpaired) electrons. The molecule has 0 aliphatic rings. The van der Waals surface area contributed by atoms with Crippen molar-refractivity contribution in [3.8, 4) is 0 Å². The van der Waals surface area contributed by atoms with Crippen molar-refractivity contribution < 1.29 is 4.74 Å². The van der Waals surface area contributed by atoms with E-state index in [4.69, 9.17) is 10.5 Å². The molecular formula is C11H22N4O. The number of ether oxygens (including phenoxy) is 1. The van der Waals surface area contributed by atoms with Crippen molar-refractivity contribution in [2.75, 3.05) is 13.7 Å². The Kier molecular flexibility index (Phi) is 4.44. The van der Waals surface area contributed by atoms with Crippen molar-refractivity contribution in [1.82, 2.24) is 15.2 Å². The predicted octanol–water partition coefficient (Wildman–Crippen LogP) is 1.43. The Bertz CT molecular complexity index is 316. The quantitative estimate of drug-likeness (QED) is 0.796. The van der Waals surface area contributed by atoms with Crippen LogP contribution in [-0.2, 0) is 11.2 Å². The summed E-state index contributed by atoms with van der Waals surface area (Å²) in [6.45, 7) is 6.99. The van der Waals surface area contributed by atoms with Crippen LogP contribution < -0.4 is 5.73 Å². The Labute approximate surface area is 96.8 Å². The minimum atomic E-state index is -0.0876. The molecule has 0 aliphatic carbocycles. The van der Waals surface area contributed by atoms with Crippen molar-refractivity contribution >= 4 is 0 Å². The van der Waals surface area contributed by atoms with Crippen LogP contribution in [0.15, 0.2) is 0 Å². The second-order valence-corrected chi connectivity index (χ2v) is 5.01. The number of nitrogens with zero attached hydrogens (tertiary/aromatic N) is 2. The van der Waals surface area contributed by atoms with Crippen LogP contribution in [-0.4, -0.2) is 28.8 Å². The summed E-state index contributed by atoms with van der Waals surface area (Å²) < 4.78 is 5.45. The van der Waals surface area contributed by atoms with Gasteiger partial charge in [-0.15, -0.1) is 0 Å². The Hall–Kier alpha value is -0.940. The molecule has 1 aromatic heterocycles. The number of nitrogens with two attached hydrogens (primary N) is 1. The van der Waals surface area contributed by atoms with Gasteiger partial charge in [-0.25, -0.2) is 4.98 Å². The third-order valence-electron chi connectivity index (χ3n) is 2.42. The van der Waals surface area contributed by atoms with E-state index in [9.17, 15) is 0 Å². The molecular weight excluding hydrogens is 204 g/mol. The number of aromatic nitrogens is 3. The van der Waals surface area contributed by atoms with E-state index in [-0.39, 0.29) is 11.5 Å². The van der Waals surface area contributed by atoms with Crippen LogP contribution in [0.5, 0.6) is 0 Å². The van der Waals surface area contributed by atoms with Gasteiger partial charge in [-0.1, -0.05) is 20.8 Å². The number of hydrogen-bond acceptors (Lipinski definition) is 4. The molecule has 0 fully saturated rings. The fourth-order valence-corrected chi connectivity index (χ4v) is 1.65. The topological polar surface area (TPSA) is 76.8 Å². The molecule has 0 spiro atoms. The molecule has 5 nitrogen and oxygen atoms in total. The van der Waals surface area contributed by atoms with Crippen LogP contribution in [0.4, 0.5) is 0 Å². The van der Waals surface area contributed by atoms with Crippen molar-refractivity contribution in [2.24, 2.45) is 11.1 Å². The normalized spacial score (nSPS) is 14.1. The number of hydrogen-bond donors (Lipinski definition) is 2. The Morgan fingerprint density at radius 2 is 2.12 bits per heavy atom. The summed E-state index contributed by atoms with van der Waals surface area (Å²) in [7, 11) is 1.69. The van der Waals surface area contributed by atoms with Crippen LogP contribution in [0.3, 0.4) is 0 Å². The molecule has 92 valence electrons. The van der Waals surface area contributed by atoms with Crippen molar-refractivity contribution in [3.63, 3.8) is 0 Å². The Morgan fingerprint density at radius 1 is 1.44 bits per heavy atom. The molecule has 3 N–H and O–H groups in total. The van der Waals surface area contributed by atoms with Gasteiger partial charge in [0.05, 0.1) is 0 Å². The average molecular weight is 226 g/mol. The van der Waals surface area contributed by atoms with Crippen LogP contribution in [0, 0.1) is 5.41 Å². The summed E-state index contributed by atoms with van der Waals surface area (Å²) in [6.07, 6.45) is 1.67. The zero-order chi connectivity index (χ0) is 12.2. The number of nitrogens with one attached hydrogen (secondary N) is 1. The summed E-state index contributed by atoms with van der Waals surface area (Å²) in [5, 5.41) is 7.14. The van der Waals surface area contributed by atoms with Crippen LogP contribution >= 0.6 is 0 Å². The Balaban J connectivity index is 2.75. The molecule has 1 rings (SSSR count). The van der Waals surface area contributed by atoms with Gasteiger partial charge in [0, 0.05) is 13.5 Å². The van der Waals surface area contributed by atoms with Crippen LogP contribution in [0.2, 0.25) is 0 Å². The van der Waals surface area contributed by atoms with Crippen molar-refractivity contribution in [2.45, 2.75) is 39.7 Å². The fraction of sp³-hybridized carbons (Fsp3) is 0.818. The highest BCUT2D eigenvalue weighted by atomic mass is 16.5. The first-order valence-electron chi connectivity index (χ1n) is 5.63. The molecule has 1 heterocycles. The lowest BCUT2D eigenvalue weighted by molar-refractivity contribution is 0.00888. The summed E-state index contributed by atoms with van der Waals surface area (Å²) >= 11 is 0. The van der Waals surface area contributed by atoms with Gasteiger partial charge in [0.1, 0.15) is 11.9 Å². The van der Waals surface area contributed by atoms with E-state index < -0.39 is 0 Å². The zero-order valence-corrected chi connectivity index (χ0v) is 10.6. The minimum absolute atomic E-state index is 0.0118. The molecule has 1 aromatic rings. The van der Waals surface area contributed by atoms with Gasteiger partial charge in [-0.2, -0.15) is 5.10 Å². The van der Waals surface area contributed by atoms with Crippen molar-refractivity contribution in [1.29, 1.82) is 0 Å². The van der Waals surface area contributed by atoms with Crippen LogP contribution in [0.1, 0.15) is 44.9 Å². The van der Waals surface area contributed by atoms with Gasteiger partial charge in [0.25, 0.3) is 0 Å². The third-order valence-corrected chi connectivity index (χ3v) is 2.42. The van der Waals surface area contributed by atoms with Gasteiger partial charge < -0.3 is 10.5 Å². The van der Waals surface area contributed by atoms with Gasteiger partial charge >= 0.3 is 0 Å². The van der Waals surface area contributed by atoms with Crippen LogP contribution in [0.25, 0.3) is 0 Å². The fourth-order valence-electron chi connectivity index (χ4n) is 1.65. The van der Waals surface area contributed by atoms with E-state index in [0.29, 0.717) is 6.54 Å². The average Bonchev–Trinajstić information content (AvgIpc) is 2.62. The first-order valence-corrected chi connectivity index (χ1v) is 5.63. The van der Waals surface area contributed by atoms with Gasteiger partial charge in [0.2, 0.25) is 0 Å². The van der Waals surface area contributed by atoms with E-state index in [1.165, 1.54) is 0 Å². The van der Waals surface area contributed by atoms with E-state index in [0.717, 1.165) is 24.5 Å². The maximum atomic E-state index is 5.45. The highest BCUT2D eigenvalue weighted by Gasteiger charge is 2.29. The monoisotopic (exact) mass is 226 g/mol. The smallest absolute Gasteiger partial charge is 0.179 e. The lowest BCUT2D eigenvalue weighted by Gasteiger charge is -2.26. The molecule has 0 aromatic carbocycles. The van der Waals surface area contributed by atoms with E-state index >= 15 is 0 Å². The number of H-pyrrole nitrogens is 1. The highest BCUT2D eigenvalue weighted by Crippen LogP contribution is 2.33. The standard InChI is InChI=1S/C11H22N4O/c1-11(2,3)9(16-4)10-13-8(14-15-10)6-5-7-12/h9H,5-7,12H2,1-4H3,(H,13,14,15). The maximum Gasteiger partial charge on any atom is 0.179 e. The maximum absolute atomic E-state index is 5.45. The van der Waals surface area contributed by atoms with Gasteiger partial charge in [0.15, 0.2) is 5.82 Å². The van der Waals surface area contributed by atoms with Gasteiger partial charge in [-0.3, -0.25) is 5.10 Å². The molecule has 0 saturated carbocycles. The van der Waals surface area contributed by atoms with E-state index in [1.54, 1.807) is 7.11 Å². The molecule has 1 unspecified atom stereocenters. The SMILES string of the molecule is COC(c1n[nH]c(CCCN)n1)C(C)(C)C. The second-order valence-electron chi connectivity index (χ2n) is 5.01. The molecule has 0 aliphatic heterocycles. The third kappa shape index (κ3) is 3.28. The second kappa shape index (κ2) is 5.41. The largest absolute Gasteiger partial charge is 0.373 e. The summed E-state index contributed by atoms with van der Waals surface area (Å²) in [5.41, 5.74) is 5.44. The number of aromatic amines is 1. The molecule has 1 atom stereocenters. The summed E-state index contributed by atoms with van der Waals surface area (Å²) in [5.74, 6) is 1.61. The number of rotatable bonds is 5. The lowest BCUT2D eigenvalue weighted by atomic mass is 9.88. The minimum Gasteiger partial charge on any atom is -0.373 e. The van der Waals surface area contributed by atoms with E-state index in [2.05, 4.69) is 36.0 Å². The zero-order valence-electron chi connectivity index (χ0n) is 10.6. The summed E-state index contributed by atoms with van der Waals surface area (Å²) in [6, 6.07) is 0. The predicted molar refractivity (Wildman–Crippen MR) is 63.0 cm³/mol. The number of methoxy groups -OCH3 is 1. The molecule has 0 amide bonds. The molecule has 0 saturated heterocycles. The molecule has 5 heteroatoms. The van der Waals surface area contributed by atoms with Crippen molar-refractivity contribution in [3.05, 3.63) is 11.6 Å². The van der Waals surface area contributed by atoms with E-state index in [1.807, 2.05) is 0 Å². The molecule has 16 heavy (non-hydrogen) atoms.